The van der Waals surface area contributed by atoms with Crippen molar-refractivity contribution in [1.82, 2.24) is 0 Å². The summed E-state index contributed by atoms with van der Waals surface area (Å²) >= 11 is 1.84. The van der Waals surface area contributed by atoms with Crippen LogP contribution in [0.1, 0.15) is 32.8 Å². The maximum absolute atomic E-state index is 10.7. The fraction of sp³-hybridized carbons (Fsp3) is 0.500. The summed E-state index contributed by atoms with van der Waals surface area (Å²) in [4.78, 5) is 12.0. The first-order valence-electron chi connectivity index (χ1n) is 5.97. The highest BCUT2D eigenvalue weighted by molar-refractivity contribution is 7.99. The number of aliphatic carboxylic acids is 1. The van der Waals surface area contributed by atoms with Gasteiger partial charge in [-0.3, -0.25) is 4.79 Å². The van der Waals surface area contributed by atoms with Crippen molar-refractivity contribution in [1.29, 1.82) is 0 Å². The van der Waals surface area contributed by atoms with Gasteiger partial charge in [-0.1, -0.05) is 32.9 Å². The zero-order valence-corrected chi connectivity index (χ0v) is 11.5. The summed E-state index contributed by atoms with van der Waals surface area (Å²) in [5.74, 6) is -0.975. The molecule has 0 heterocycles. The molecular weight excluding hydrogens is 232 g/mol. The van der Waals surface area contributed by atoms with Crippen molar-refractivity contribution >= 4 is 17.7 Å². The van der Waals surface area contributed by atoms with Crippen LogP contribution in [0.25, 0.3) is 0 Å². The summed E-state index contributed by atoms with van der Waals surface area (Å²) < 4.78 is 0. The Bertz CT molecular complexity index is 357. The van der Waals surface area contributed by atoms with E-state index in [2.05, 4.69) is 38.1 Å². The van der Waals surface area contributed by atoms with Gasteiger partial charge >= 0.3 is 5.97 Å². The molecule has 1 unspecified atom stereocenters. The van der Waals surface area contributed by atoms with E-state index in [4.69, 9.17) is 5.11 Å². The minimum atomic E-state index is -0.711. The van der Waals surface area contributed by atoms with Crippen LogP contribution in [0.2, 0.25) is 0 Å². The number of thioether (sulfide) groups is 1. The lowest BCUT2D eigenvalue weighted by Gasteiger charge is -2.08. The molecule has 0 saturated carbocycles. The molecule has 0 radical (unpaired) electrons. The minimum Gasteiger partial charge on any atom is -0.481 e. The number of carbonyl (C=O) groups is 1. The van der Waals surface area contributed by atoms with Gasteiger partial charge in [0.2, 0.25) is 0 Å². The fourth-order valence-corrected chi connectivity index (χ4v) is 2.35. The molecule has 0 spiro atoms. The summed E-state index contributed by atoms with van der Waals surface area (Å²) in [5, 5.41) is 9.39. The summed E-state index contributed by atoms with van der Waals surface area (Å²) in [6.07, 6.45) is 1.53. The molecule has 1 atom stereocenters. The molecule has 0 bridgehead atoms. The van der Waals surface area contributed by atoms with Gasteiger partial charge in [0.05, 0.1) is 5.92 Å². The van der Waals surface area contributed by atoms with E-state index in [-0.39, 0.29) is 5.92 Å². The second kappa shape index (κ2) is 6.70. The fourth-order valence-electron chi connectivity index (χ4n) is 1.51. The predicted molar refractivity (Wildman–Crippen MR) is 72.6 cm³/mol. The van der Waals surface area contributed by atoms with Gasteiger partial charge in [0.25, 0.3) is 0 Å². The van der Waals surface area contributed by atoms with E-state index < -0.39 is 5.97 Å². The second-order valence-electron chi connectivity index (χ2n) is 4.59. The highest BCUT2D eigenvalue weighted by Crippen LogP contribution is 2.23. The zero-order chi connectivity index (χ0) is 12.8. The molecule has 17 heavy (non-hydrogen) atoms. The van der Waals surface area contributed by atoms with E-state index in [1.807, 2.05) is 11.8 Å². The van der Waals surface area contributed by atoms with Crippen LogP contribution >= 0.6 is 11.8 Å². The van der Waals surface area contributed by atoms with Gasteiger partial charge in [0.1, 0.15) is 0 Å². The summed E-state index contributed by atoms with van der Waals surface area (Å²) in [7, 11) is 0. The third-order valence-corrected chi connectivity index (χ3v) is 3.60. The van der Waals surface area contributed by atoms with Crippen LogP contribution in [0.15, 0.2) is 29.2 Å². The van der Waals surface area contributed by atoms with E-state index >= 15 is 0 Å². The van der Waals surface area contributed by atoms with Gasteiger partial charge in [-0.25, -0.2) is 0 Å². The predicted octanol–water partition coefficient (Wildman–Crippen LogP) is 3.84. The highest BCUT2D eigenvalue weighted by Gasteiger charge is 2.10. The Hall–Kier alpha value is -0.960. The summed E-state index contributed by atoms with van der Waals surface area (Å²) in [6.45, 7) is 6.10. The molecule has 0 aliphatic heterocycles. The van der Waals surface area contributed by atoms with Gasteiger partial charge in [-0.2, -0.15) is 0 Å². The first kappa shape index (κ1) is 14.1. The molecule has 1 rings (SSSR count). The first-order chi connectivity index (χ1) is 7.99. The lowest BCUT2D eigenvalue weighted by Crippen LogP contribution is -2.10. The van der Waals surface area contributed by atoms with Gasteiger partial charge in [-0.05, 0) is 30.5 Å². The number of benzene rings is 1. The Morgan fingerprint density at radius 2 is 1.82 bits per heavy atom. The smallest absolute Gasteiger partial charge is 0.306 e. The van der Waals surface area contributed by atoms with E-state index in [1.165, 1.54) is 10.5 Å². The third kappa shape index (κ3) is 5.26. The number of carboxylic acid groups (broad SMARTS) is 1. The lowest BCUT2D eigenvalue weighted by atomic mass is 10.0. The second-order valence-corrected chi connectivity index (χ2v) is 6.24. The van der Waals surface area contributed by atoms with Gasteiger partial charge in [-0.15, -0.1) is 11.8 Å². The average molecular weight is 252 g/mol. The van der Waals surface area contributed by atoms with E-state index in [0.29, 0.717) is 11.7 Å². The van der Waals surface area contributed by atoms with Gasteiger partial charge in [0.15, 0.2) is 0 Å². The molecule has 1 N–H and O–H groups in total. The molecule has 2 nitrogen and oxygen atoms in total. The van der Waals surface area contributed by atoms with Crippen molar-refractivity contribution in [3.63, 3.8) is 0 Å². The van der Waals surface area contributed by atoms with Crippen LogP contribution < -0.4 is 0 Å². The molecule has 0 saturated heterocycles. The van der Waals surface area contributed by atoms with Crippen molar-refractivity contribution in [2.45, 2.75) is 43.8 Å². The third-order valence-electron chi connectivity index (χ3n) is 2.58. The van der Waals surface area contributed by atoms with Crippen LogP contribution in [-0.2, 0) is 11.2 Å². The molecule has 0 fully saturated rings. The van der Waals surface area contributed by atoms with Crippen LogP contribution in [0.3, 0.4) is 0 Å². The van der Waals surface area contributed by atoms with E-state index in [1.54, 1.807) is 6.92 Å². The van der Waals surface area contributed by atoms with Crippen molar-refractivity contribution in [3.8, 4) is 0 Å². The van der Waals surface area contributed by atoms with E-state index in [0.717, 1.165) is 6.42 Å². The number of hydrogen-bond donors (Lipinski definition) is 1. The first-order valence-corrected chi connectivity index (χ1v) is 6.85. The van der Waals surface area contributed by atoms with Crippen LogP contribution in [0.5, 0.6) is 0 Å². The minimum absolute atomic E-state index is 0.264. The standard InChI is InChI=1S/C14H20O2S/c1-10(2)17-13-8-6-12(7-9-13)5-4-11(3)14(15)16/h6-11H,4-5H2,1-3H3,(H,15,16). The summed E-state index contributed by atoms with van der Waals surface area (Å²) in [6, 6.07) is 8.43. The van der Waals surface area contributed by atoms with Crippen molar-refractivity contribution < 1.29 is 9.90 Å². The average Bonchev–Trinajstić information content (AvgIpc) is 2.26. The molecule has 1 aromatic carbocycles. The quantitative estimate of drug-likeness (QED) is 0.782. The molecule has 1 aromatic rings. The Morgan fingerprint density at radius 3 is 2.29 bits per heavy atom. The number of carboxylic acids is 1. The number of aryl methyl sites for hydroxylation is 1. The van der Waals surface area contributed by atoms with Gasteiger partial charge < -0.3 is 5.11 Å². The molecule has 0 aromatic heterocycles. The van der Waals surface area contributed by atoms with Crippen LogP contribution in [0.4, 0.5) is 0 Å². The zero-order valence-electron chi connectivity index (χ0n) is 10.6. The molecule has 0 aliphatic rings. The molecule has 3 heteroatoms. The molecule has 0 aliphatic carbocycles. The van der Waals surface area contributed by atoms with Gasteiger partial charge in [0, 0.05) is 10.1 Å². The Labute approximate surface area is 107 Å². The van der Waals surface area contributed by atoms with E-state index in [9.17, 15) is 4.79 Å². The Kier molecular flexibility index (Phi) is 5.56. The Balaban J connectivity index is 2.48. The van der Waals surface area contributed by atoms with Crippen LogP contribution in [-0.4, -0.2) is 16.3 Å². The normalized spacial score (nSPS) is 12.7. The molecule has 0 amide bonds. The lowest BCUT2D eigenvalue weighted by molar-refractivity contribution is -0.141. The topological polar surface area (TPSA) is 37.3 Å². The van der Waals surface area contributed by atoms with Crippen molar-refractivity contribution in [3.05, 3.63) is 29.8 Å². The van der Waals surface area contributed by atoms with Crippen molar-refractivity contribution in [2.75, 3.05) is 0 Å². The maximum Gasteiger partial charge on any atom is 0.306 e. The SMILES string of the molecule is CC(C)Sc1ccc(CCC(C)C(=O)O)cc1. The van der Waals surface area contributed by atoms with Crippen LogP contribution in [0, 0.1) is 5.92 Å². The number of hydrogen-bond acceptors (Lipinski definition) is 2. The highest BCUT2D eigenvalue weighted by atomic mass is 32.2. The number of rotatable bonds is 6. The maximum atomic E-state index is 10.7. The molecular formula is C14H20O2S. The summed E-state index contributed by atoms with van der Waals surface area (Å²) in [5.41, 5.74) is 1.21. The monoisotopic (exact) mass is 252 g/mol. The van der Waals surface area contributed by atoms with Crippen molar-refractivity contribution in [2.24, 2.45) is 5.92 Å². The largest absolute Gasteiger partial charge is 0.481 e. The molecule has 94 valence electrons. The Morgan fingerprint density at radius 1 is 1.24 bits per heavy atom.